The van der Waals surface area contributed by atoms with Gasteiger partial charge < -0.3 is 9.80 Å². The van der Waals surface area contributed by atoms with E-state index in [1.807, 2.05) is 0 Å². The van der Waals surface area contributed by atoms with E-state index < -0.39 is 0 Å². The van der Waals surface area contributed by atoms with Crippen LogP contribution in [0.15, 0.2) is 0 Å². The van der Waals surface area contributed by atoms with Crippen molar-refractivity contribution in [3.05, 3.63) is 0 Å². The van der Waals surface area contributed by atoms with Crippen molar-refractivity contribution in [1.82, 2.24) is 9.80 Å². The van der Waals surface area contributed by atoms with Crippen molar-refractivity contribution in [2.45, 2.75) is 13.3 Å². The first-order valence-electron chi connectivity index (χ1n) is 4.89. The van der Waals surface area contributed by atoms with E-state index in [2.05, 4.69) is 16.7 Å². The third-order valence-electron chi connectivity index (χ3n) is 2.53. The first kappa shape index (κ1) is 9.96. The van der Waals surface area contributed by atoms with Gasteiger partial charge in [-0.15, -0.1) is 0 Å². The van der Waals surface area contributed by atoms with Crippen molar-refractivity contribution < 1.29 is 5.11 Å². The molecule has 0 aromatic heterocycles. The minimum atomic E-state index is 0.0774. The standard InChI is InChI=1S/C9H19N2O/c1-2-10-5-7-11(8-6-10)4-3-9-12/h2-9H2,1H3. The van der Waals surface area contributed by atoms with E-state index in [4.69, 9.17) is 0 Å². The topological polar surface area (TPSA) is 26.4 Å². The molecule has 1 rings (SSSR count). The van der Waals surface area contributed by atoms with Gasteiger partial charge in [-0.3, -0.25) is 0 Å². The second-order valence-electron chi connectivity index (χ2n) is 3.33. The van der Waals surface area contributed by atoms with E-state index in [9.17, 15) is 5.11 Å². The average Bonchev–Trinajstić information content (AvgIpc) is 2.15. The molecule has 0 amide bonds. The lowest BCUT2D eigenvalue weighted by atomic mass is 10.3. The lowest BCUT2D eigenvalue weighted by Crippen LogP contribution is -2.46. The summed E-state index contributed by atoms with van der Waals surface area (Å²) in [6.45, 7) is 9.09. The van der Waals surface area contributed by atoms with Gasteiger partial charge in [-0.05, 0) is 13.0 Å². The zero-order valence-corrected chi connectivity index (χ0v) is 7.96. The maximum Gasteiger partial charge on any atom is 0.0834 e. The van der Waals surface area contributed by atoms with Crippen LogP contribution < -0.4 is 0 Å². The van der Waals surface area contributed by atoms with E-state index >= 15 is 0 Å². The molecular weight excluding hydrogens is 152 g/mol. The molecule has 0 unspecified atom stereocenters. The highest BCUT2D eigenvalue weighted by Gasteiger charge is 2.14. The zero-order valence-electron chi connectivity index (χ0n) is 7.96. The fourth-order valence-corrected chi connectivity index (χ4v) is 1.62. The Labute approximate surface area is 75.0 Å². The van der Waals surface area contributed by atoms with E-state index in [-0.39, 0.29) is 6.61 Å². The highest BCUT2D eigenvalue weighted by molar-refractivity contribution is 4.70. The second-order valence-corrected chi connectivity index (χ2v) is 3.33. The predicted octanol–water partition coefficient (Wildman–Crippen LogP) is 0.444. The Bertz CT molecular complexity index is 111. The molecule has 1 radical (unpaired) electrons. The fourth-order valence-electron chi connectivity index (χ4n) is 1.62. The Hall–Kier alpha value is -0.120. The molecule has 1 aliphatic heterocycles. The van der Waals surface area contributed by atoms with Crippen LogP contribution in [0.4, 0.5) is 0 Å². The monoisotopic (exact) mass is 171 g/mol. The Kier molecular flexibility index (Phi) is 4.58. The van der Waals surface area contributed by atoms with Gasteiger partial charge in [-0.2, -0.15) is 0 Å². The van der Waals surface area contributed by atoms with Gasteiger partial charge in [0.15, 0.2) is 0 Å². The van der Waals surface area contributed by atoms with Gasteiger partial charge in [0.05, 0.1) is 6.61 Å². The fraction of sp³-hybridized carbons (Fsp3) is 1.00. The molecule has 0 N–H and O–H groups in total. The summed E-state index contributed by atoms with van der Waals surface area (Å²) in [4.78, 5) is 4.84. The van der Waals surface area contributed by atoms with Crippen molar-refractivity contribution in [3.63, 3.8) is 0 Å². The van der Waals surface area contributed by atoms with Gasteiger partial charge in [0.2, 0.25) is 0 Å². The SMILES string of the molecule is CCN1CCN(CCC[O])CC1. The summed E-state index contributed by atoms with van der Waals surface area (Å²) < 4.78 is 0. The number of likely N-dealkylation sites (N-methyl/N-ethyl adjacent to an activating group) is 1. The molecule has 0 aromatic carbocycles. The molecule has 12 heavy (non-hydrogen) atoms. The maximum absolute atomic E-state index is 10.3. The van der Waals surface area contributed by atoms with Crippen molar-refractivity contribution in [1.29, 1.82) is 0 Å². The van der Waals surface area contributed by atoms with Crippen LogP contribution in [0, 0.1) is 0 Å². The molecule has 1 aliphatic rings. The maximum atomic E-state index is 10.3. The van der Waals surface area contributed by atoms with Crippen LogP contribution in [-0.2, 0) is 5.11 Å². The number of rotatable bonds is 4. The van der Waals surface area contributed by atoms with Gasteiger partial charge in [0, 0.05) is 32.7 Å². The highest BCUT2D eigenvalue weighted by Crippen LogP contribution is 2.01. The van der Waals surface area contributed by atoms with Crippen LogP contribution in [0.1, 0.15) is 13.3 Å². The van der Waals surface area contributed by atoms with Gasteiger partial charge in [-0.1, -0.05) is 6.92 Å². The minimum absolute atomic E-state index is 0.0774. The summed E-state index contributed by atoms with van der Waals surface area (Å²) in [6, 6.07) is 0. The lowest BCUT2D eigenvalue weighted by molar-refractivity contribution is 0.117. The lowest BCUT2D eigenvalue weighted by Gasteiger charge is -2.33. The van der Waals surface area contributed by atoms with Gasteiger partial charge in [0.25, 0.3) is 0 Å². The van der Waals surface area contributed by atoms with Crippen LogP contribution in [0.25, 0.3) is 0 Å². The van der Waals surface area contributed by atoms with E-state index in [1.165, 1.54) is 13.1 Å². The Balaban J connectivity index is 2.09. The first-order chi connectivity index (χ1) is 5.86. The van der Waals surface area contributed by atoms with Crippen LogP contribution >= 0.6 is 0 Å². The third kappa shape index (κ3) is 3.09. The minimum Gasteiger partial charge on any atom is -0.301 e. The Morgan fingerprint density at radius 2 is 1.67 bits per heavy atom. The van der Waals surface area contributed by atoms with Crippen LogP contribution in [0.2, 0.25) is 0 Å². The van der Waals surface area contributed by atoms with Gasteiger partial charge >= 0.3 is 0 Å². The van der Waals surface area contributed by atoms with Crippen molar-refractivity contribution in [2.75, 3.05) is 45.9 Å². The van der Waals surface area contributed by atoms with Crippen molar-refractivity contribution in [3.8, 4) is 0 Å². The molecule has 3 nitrogen and oxygen atoms in total. The molecule has 0 aliphatic carbocycles. The molecule has 1 saturated heterocycles. The Morgan fingerprint density at radius 3 is 2.17 bits per heavy atom. The zero-order chi connectivity index (χ0) is 8.81. The van der Waals surface area contributed by atoms with Crippen LogP contribution in [0.5, 0.6) is 0 Å². The number of hydrogen-bond acceptors (Lipinski definition) is 2. The molecule has 0 spiro atoms. The molecule has 0 atom stereocenters. The van der Waals surface area contributed by atoms with E-state index in [0.29, 0.717) is 0 Å². The summed E-state index contributed by atoms with van der Waals surface area (Å²) >= 11 is 0. The molecule has 1 heterocycles. The Morgan fingerprint density at radius 1 is 1.08 bits per heavy atom. The van der Waals surface area contributed by atoms with E-state index in [1.54, 1.807) is 0 Å². The number of hydrogen-bond donors (Lipinski definition) is 0. The second kappa shape index (κ2) is 5.51. The highest BCUT2D eigenvalue weighted by atomic mass is 16.3. The van der Waals surface area contributed by atoms with Crippen molar-refractivity contribution >= 4 is 0 Å². The molecule has 0 bridgehead atoms. The van der Waals surface area contributed by atoms with Gasteiger partial charge in [0.1, 0.15) is 0 Å². The van der Waals surface area contributed by atoms with E-state index in [0.717, 1.165) is 32.6 Å². The predicted molar refractivity (Wildman–Crippen MR) is 48.7 cm³/mol. The largest absolute Gasteiger partial charge is 0.301 e. The summed E-state index contributed by atoms with van der Waals surface area (Å²) in [5, 5.41) is 10.3. The normalized spacial score (nSPS) is 21.5. The summed E-state index contributed by atoms with van der Waals surface area (Å²) in [5.41, 5.74) is 0. The molecular formula is C9H19N2O. The molecule has 0 saturated carbocycles. The smallest absolute Gasteiger partial charge is 0.0834 e. The number of piperazine rings is 1. The third-order valence-corrected chi connectivity index (χ3v) is 2.53. The summed E-state index contributed by atoms with van der Waals surface area (Å²) in [6.07, 6.45) is 0.812. The first-order valence-corrected chi connectivity index (χ1v) is 4.89. The average molecular weight is 171 g/mol. The van der Waals surface area contributed by atoms with Crippen LogP contribution in [-0.4, -0.2) is 55.7 Å². The molecule has 71 valence electrons. The molecule has 0 aromatic rings. The van der Waals surface area contributed by atoms with Crippen LogP contribution in [0.3, 0.4) is 0 Å². The number of nitrogens with zero attached hydrogens (tertiary/aromatic N) is 2. The molecule has 3 heteroatoms. The quantitative estimate of drug-likeness (QED) is 0.613. The summed E-state index contributed by atoms with van der Waals surface area (Å²) in [5.74, 6) is 0. The summed E-state index contributed by atoms with van der Waals surface area (Å²) in [7, 11) is 0. The van der Waals surface area contributed by atoms with Gasteiger partial charge in [-0.25, -0.2) is 5.11 Å². The van der Waals surface area contributed by atoms with Crippen molar-refractivity contribution in [2.24, 2.45) is 0 Å². The molecule has 1 fully saturated rings.